The minimum atomic E-state index is 0.620. The first kappa shape index (κ1) is 13.1. The lowest BCUT2D eigenvalue weighted by Crippen LogP contribution is -1.90. The van der Waals surface area contributed by atoms with Crippen molar-refractivity contribution in [3.8, 4) is 0 Å². The van der Waals surface area contributed by atoms with Crippen LogP contribution in [0.2, 0.25) is 0 Å². The van der Waals surface area contributed by atoms with Gasteiger partial charge in [-0.2, -0.15) is 0 Å². The van der Waals surface area contributed by atoms with Crippen LogP contribution in [0.1, 0.15) is 34.9 Å². The first-order valence-electron chi connectivity index (χ1n) is 6.12. The third kappa shape index (κ3) is 3.33. The fourth-order valence-corrected chi connectivity index (χ4v) is 1.90. The Balaban J connectivity index is 2.04. The Morgan fingerprint density at radius 3 is 2.61 bits per heavy atom. The van der Waals surface area contributed by atoms with Gasteiger partial charge < -0.3 is 4.42 Å². The maximum absolute atomic E-state index is 5.63. The average Bonchev–Trinajstić information content (AvgIpc) is 2.79. The van der Waals surface area contributed by atoms with Crippen LogP contribution in [0.3, 0.4) is 0 Å². The van der Waals surface area contributed by atoms with Crippen molar-refractivity contribution in [3.63, 3.8) is 0 Å². The van der Waals surface area contributed by atoms with Gasteiger partial charge in [0.2, 0.25) is 11.8 Å². The summed E-state index contributed by atoms with van der Waals surface area (Å²) < 4.78 is 5.58. The maximum atomic E-state index is 5.63. The Bertz CT molecular complexity index is 522. The van der Waals surface area contributed by atoms with Crippen molar-refractivity contribution in [2.24, 2.45) is 0 Å². The number of benzene rings is 1. The highest BCUT2D eigenvalue weighted by atomic mass is 35.5. The van der Waals surface area contributed by atoms with Crippen molar-refractivity contribution in [2.75, 3.05) is 5.88 Å². The zero-order valence-corrected chi connectivity index (χ0v) is 11.5. The standard InChI is InChI=1S/C14H17ClN2O/c1-10-5-6-12(8-11(10)2)9-14-17-16-13(18-14)4-3-7-15/h5-6,8H,3-4,7,9H2,1-2H3. The molecule has 2 rings (SSSR count). The molecule has 0 unspecified atom stereocenters. The van der Waals surface area contributed by atoms with Crippen molar-refractivity contribution in [1.29, 1.82) is 0 Å². The smallest absolute Gasteiger partial charge is 0.220 e. The van der Waals surface area contributed by atoms with Gasteiger partial charge in [0.25, 0.3) is 0 Å². The molecule has 0 atom stereocenters. The molecule has 0 aliphatic carbocycles. The van der Waals surface area contributed by atoms with E-state index in [1.807, 2.05) is 0 Å². The predicted molar refractivity (Wildman–Crippen MR) is 72.1 cm³/mol. The van der Waals surface area contributed by atoms with E-state index in [0.29, 0.717) is 24.1 Å². The summed E-state index contributed by atoms with van der Waals surface area (Å²) in [5.74, 6) is 1.96. The van der Waals surface area contributed by atoms with E-state index >= 15 is 0 Å². The van der Waals surface area contributed by atoms with Crippen molar-refractivity contribution >= 4 is 11.6 Å². The molecule has 2 aromatic rings. The van der Waals surface area contributed by atoms with Crippen LogP contribution in [0, 0.1) is 13.8 Å². The summed E-state index contributed by atoms with van der Waals surface area (Å²) in [5.41, 5.74) is 3.78. The molecule has 3 nitrogen and oxygen atoms in total. The molecule has 96 valence electrons. The van der Waals surface area contributed by atoms with Crippen molar-refractivity contribution < 1.29 is 4.42 Å². The number of rotatable bonds is 5. The number of hydrogen-bond acceptors (Lipinski definition) is 3. The lowest BCUT2D eigenvalue weighted by atomic mass is 10.0. The molecule has 0 aliphatic heterocycles. The Labute approximate surface area is 112 Å². The lowest BCUT2D eigenvalue weighted by Gasteiger charge is -2.02. The summed E-state index contributed by atoms with van der Waals surface area (Å²) in [7, 11) is 0. The normalized spacial score (nSPS) is 10.8. The second kappa shape index (κ2) is 6.01. The molecular weight excluding hydrogens is 248 g/mol. The average molecular weight is 265 g/mol. The second-order valence-corrected chi connectivity index (χ2v) is 4.86. The van der Waals surface area contributed by atoms with Gasteiger partial charge in [-0.3, -0.25) is 0 Å². The van der Waals surface area contributed by atoms with E-state index in [1.165, 1.54) is 16.7 Å². The SMILES string of the molecule is Cc1ccc(Cc2nnc(CCCCl)o2)cc1C. The molecule has 0 amide bonds. The third-order valence-corrected chi connectivity index (χ3v) is 3.23. The zero-order chi connectivity index (χ0) is 13.0. The molecule has 0 bridgehead atoms. The van der Waals surface area contributed by atoms with Crippen molar-refractivity contribution in [2.45, 2.75) is 33.1 Å². The van der Waals surface area contributed by atoms with Crippen LogP contribution in [0.5, 0.6) is 0 Å². The van der Waals surface area contributed by atoms with E-state index in [4.69, 9.17) is 16.0 Å². The minimum Gasteiger partial charge on any atom is -0.425 e. The van der Waals surface area contributed by atoms with Crippen LogP contribution in [-0.4, -0.2) is 16.1 Å². The van der Waals surface area contributed by atoms with Gasteiger partial charge in [-0.15, -0.1) is 21.8 Å². The Morgan fingerprint density at radius 2 is 1.89 bits per heavy atom. The van der Waals surface area contributed by atoms with Gasteiger partial charge in [-0.05, 0) is 37.0 Å². The molecular formula is C14H17ClN2O. The summed E-state index contributed by atoms with van der Waals surface area (Å²) in [5, 5.41) is 8.07. The molecule has 1 aromatic heterocycles. The summed E-state index contributed by atoms with van der Waals surface area (Å²) in [6, 6.07) is 6.39. The number of nitrogens with zero attached hydrogens (tertiary/aromatic N) is 2. The zero-order valence-electron chi connectivity index (χ0n) is 10.7. The highest BCUT2D eigenvalue weighted by Gasteiger charge is 2.07. The molecule has 4 heteroatoms. The highest BCUT2D eigenvalue weighted by Crippen LogP contribution is 2.14. The minimum absolute atomic E-state index is 0.620. The molecule has 18 heavy (non-hydrogen) atoms. The molecule has 0 saturated heterocycles. The van der Waals surface area contributed by atoms with E-state index in [-0.39, 0.29) is 0 Å². The first-order chi connectivity index (χ1) is 8.69. The molecule has 1 aromatic carbocycles. The predicted octanol–water partition coefficient (Wildman–Crippen LogP) is 3.45. The van der Waals surface area contributed by atoms with Gasteiger partial charge in [0.05, 0.1) is 6.42 Å². The van der Waals surface area contributed by atoms with E-state index in [1.54, 1.807) is 0 Å². The van der Waals surface area contributed by atoms with Gasteiger partial charge in [0, 0.05) is 12.3 Å². The quantitative estimate of drug-likeness (QED) is 0.777. The van der Waals surface area contributed by atoms with Gasteiger partial charge >= 0.3 is 0 Å². The van der Waals surface area contributed by atoms with Gasteiger partial charge in [-0.1, -0.05) is 18.2 Å². The molecule has 0 saturated carbocycles. The van der Waals surface area contributed by atoms with Crippen LogP contribution in [0.4, 0.5) is 0 Å². The van der Waals surface area contributed by atoms with Crippen LogP contribution in [0.15, 0.2) is 22.6 Å². The molecule has 0 spiro atoms. The molecule has 0 N–H and O–H groups in total. The van der Waals surface area contributed by atoms with Gasteiger partial charge in [0.1, 0.15) is 0 Å². The van der Waals surface area contributed by atoms with Crippen LogP contribution < -0.4 is 0 Å². The van der Waals surface area contributed by atoms with E-state index in [9.17, 15) is 0 Å². The molecule has 0 radical (unpaired) electrons. The molecule has 0 fully saturated rings. The summed E-state index contributed by atoms with van der Waals surface area (Å²) in [4.78, 5) is 0. The number of alkyl halides is 1. The third-order valence-electron chi connectivity index (χ3n) is 2.96. The fraction of sp³-hybridized carbons (Fsp3) is 0.429. The number of hydrogen-bond donors (Lipinski definition) is 0. The van der Waals surface area contributed by atoms with Crippen molar-refractivity contribution in [3.05, 3.63) is 46.7 Å². The Morgan fingerprint density at radius 1 is 1.11 bits per heavy atom. The van der Waals surface area contributed by atoms with E-state index in [0.717, 1.165) is 12.8 Å². The van der Waals surface area contributed by atoms with Crippen LogP contribution >= 0.6 is 11.6 Å². The second-order valence-electron chi connectivity index (χ2n) is 4.48. The maximum Gasteiger partial charge on any atom is 0.220 e. The summed E-state index contributed by atoms with van der Waals surface area (Å²) in [6.45, 7) is 4.22. The van der Waals surface area contributed by atoms with Crippen LogP contribution in [-0.2, 0) is 12.8 Å². The highest BCUT2D eigenvalue weighted by molar-refractivity contribution is 6.17. The number of halogens is 1. The Hall–Kier alpha value is -1.35. The number of aryl methyl sites for hydroxylation is 3. The van der Waals surface area contributed by atoms with Crippen molar-refractivity contribution in [1.82, 2.24) is 10.2 Å². The topological polar surface area (TPSA) is 38.9 Å². The Kier molecular flexibility index (Phi) is 4.37. The molecule has 0 aliphatic rings. The molecule has 1 heterocycles. The lowest BCUT2D eigenvalue weighted by molar-refractivity contribution is 0.455. The largest absolute Gasteiger partial charge is 0.425 e. The van der Waals surface area contributed by atoms with Gasteiger partial charge in [-0.25, -0.2) is 0 Å². The van der Waals surface area contributed by atoms with E-state index in [2.05, 4.69) is 42.2 Å². The number of aromatic nitrogens is 2. The summed E-state index contributed by atoms with van der Waals surface area (Å²) in [6.07, 6.45) is 2.31. The van der Waals surface area contributed by atoms with Crippen LogP contribution in [0.25, 0.3) is 0 Å². The van der Waals surface area contributed by atoms with Gasteiger partial charge in [0.15, 0.2) is 0 Å². The monoisotopic (exact) mass is 264 g/mol. The summed E-state index contributed by atoms with van der Waals surface area (Å²) >= 11 is 5.63. The first-order valence-corrected chi connectivity index (χ1v) is 6.66. The fourth-order valence-electron chi connectivity index (χ4n) is 1.77. The van der Waals surface area contributed by atoms with E-state index < -0.39 is 0 Å².